The number of hydrogen-bond donors (Lipinski definition) is 1. The summed E-state index contributed by atoms with van der Waals surface area (Å²) in [4.78, 5) is 19.5. The SMILES string of the molecule is Cc1ccc(OCC(C)NC(=O)C2CCN(Cc3nc(-c4ccc(Br)cc4)no3)CC2)cc1C. The lowest BCUT2D eigenvalue weighted by Crippen LogP contribution is -2.44. The second-order valence-electron chi connectivity index (χ2n) is 9.04. The van der Waals surface area contributed by atoms with Crippen LogP contribution in [0.15, 0.2) is 51.5 Å². The van der Waals surface area contributed by atoms with Crippen LogP contribution in [0.5, 0.6) is 5.75 Å². The quantitative estimate of drug-likeness (QED) is 0.449. The molecule has 2 heterocycles. The van der Waals surface area contributed by atoms with Gasteiger partial charge in [-0.05, 0) is 94.2 Å². The first-order valence-corrected chi connectivity index (χ1v) is 12.5. The lowest BCUT2D eigenvalue weighted by Gasteiger charge is -2.30. The Hall–Kier alpha value is -2.71. The zero-order valence-corrected chi connectivity index (χ0v) is 21.5. The standard InChI is InChI=1S/C26H31BrN4O3/c1-17-4-9-23(14-18(17)2)33-16-19(3)28-26(32)21-10-12-31(13-11-21)15-24-29-25(30-34-24)20-5-7-22(27)8-6-20/h4-9,14,19,21H,10-13,15-16H2,1-3H3,(H,28,32). The summed E-state index contributed by atoms with van der Waals surface area (Å²) in [7, 11) is 0. The largest absolute Gasteiger partial charge is 0.491 e. The van der Waals surface area contributed by atoms with Crippen molar-refractivity contribution in [1.82, 2.24) is 20.4 Å². The predicted octanol–water partition coefficient (Wildman–Crippen LogP) is 4.91. The van der Waals surface area contributed by atoms with Gasteiger partial charge in [-0.3, -0.25) is 9.69 Å². The van der Waals surface area contributed by atoms with Gasteiger partial charge in [-0.25, -0.2) is 0 Å². The van der Waals surface area contributed by atoms with Crippen molar-refractivity contribution >= 4 is 21.8 Å². The van der Waals surface area contributed by atoms with E-state index in [0.29, 0.717) is 24.9 Å². The predicted molar refractivity (Wildman–Crippen MR) is 134 cm³/mol. The lowest BCUT2D eigenvalue weighted by atomic mass is 9.95. The van der Waals surface area contributed by atoms with Gasteiger partial charge in [0.2, 0.25) is 17.6 Å². The first-order valence-electron chi connectivity index (χ1n) is 11.7. The maximum atomic E-state index is 12.7. The highest BCUT2D eigenvalue weighted by Gasteiger charge is 2.27. The molecule has 1 N–H and O–H groups in total. The molecule has 1 fully saturated rings. The Balaban J connectivity index is 1.20. The van der Waals surface area contributed by atoms with Gasteiger partial charge in [-0.1, -0.05) is 27.2 Å². The molecule has 0 aliphatic carbocycles. The summed E-state index contributed by atoms with van der Waals surface area (Å²) in [5.74, 6) is 2.14. The topological polar surface area (TPSA) is 80.5 Å². The first-order chi connectivity index (χ1) is 16.4. The van der Waals surface area contributed by atoms with Gasteiger partial charge in [0.05, 0.1) is 12.6 Å². The second-order valence-corrected chi connectivity index (χ2v) is 9.95. The number of carbonyl (C=O) groups excluding carboxylic acids is 1. The van der Waals surface area contributed by atoms with E-state index in [2.05, 4.69) is 56.2 Å². The number of halogens is 1. The number of amides is 1. The number of ether oxygens (including phenoxy) is 1. The summed E-state index contributed by atoms with van der Waals surface area (Å²) >= 11 is 3.43. The molecule has 1 atom stereocenters. The molecule has 1 aliphatic heterocycles. The molecule has 0 bridgehead atoms. The minimum absolute atomic E-state index is 0.0151. The third kappa shape index (κ3) is 6.45. The summed E-state index contributed by atoms with van der Waals surface area (Å²) in [6, 6.07) is 13.8. The molecular weight excluding hydrogens is 496 g/mol. The summed E-state index contributed by atoms with van der Waals surface area (Å²) < 4.78 is 12.3. The second kappa shape index (κ2) is 11.1. The summed E-state index contributed by atoms with van der Waals surface area (Å²) in [5, 5.41) is 7.21. The number of aryl methyl sites for hydroxylation is 2. The third-order valence-corrected chi connectivity index (χ3v) is 6.78. The average Bonchev–Trinajstić information content (AvgIpc) is 3.29. The van der Waals surface area contributed by atoms with Gasteiger partial charge < -0.3 is 14.6 Å². The van der Waals surface area contributed by atoms with E-state index < -0.39 is 0 Å². The Kier molecular flexibility index (Phi) is 8.00. The van der Waals surface area contributed by atoms with Gasteiger partial charge in [0, 0.05) is 16.0 Å². The number of nitrogens with one attached hydrogen (secondary N) is 1. The normalized spacial score (nSPS) is 15.8. The molecule has 7 nitrogen and oxygen atoms in total. The first kappa shape index (κ1) is 24.4. The van der Waals surface area contributed by atoms with Gasteiger partial charge in [-0.15, -0.1) is 0 Å². The smallest absolute Gasteiger partial charge is 0.241 e. The van der Waals surface area contributed by atoms with Crippen LogP contribution in [0.3, 0.4) is 0 Å². The van der Waals surface area contributed by atoms with E-state index in [1.807, 2.05) is 43.3 Å². The van der Waals surface area contributed by atoms with Crippen molar-refractivity contribution in [3.8, 4) is 17.1 Å². The van der Waals surface area contributed by atoms with Crippen LogP contribution in [0.1, 0.15) is 36.8 Å². The summed E-state index contributed by atoms with van der Waals surface area (Å²) in [6.07, 6.45) is 1.62. The maximum absolute atomic E-state index is 12.7. The van der Waals surface area contributed by atoms with E-state index in [4.69, 9.17) is 9.26 Å². The molecule has 2 aromatic carbocycles. The van der Waals surface area contributed by atoms with Crippen LogP contribution < -0.4 is 10.1 Å². The summed E-state index contributed by atoms with van der Waals surface area (Å²) in [6.45, 7) is 8.81. The van der Waals surface area contributed by atoms with Gasteiger partial charge >= 0.3 is 0 Å². The Bertz CT molecular complexity index is 1110. The highest BCUT2D eigenvalue weighted by atomic mass is 79.9. The molecule has 1 aliphatic rings. The van der Waals surface area contributed by atoms with E-state index in [1.54, 1.807) is 0 Å². The van der Waals surface area contributed by atoms with Crippen molar-refractivity contribution in [2.75, 3.05) is 19.7 Å². The Morgan fingerprint density at radius 2 is 1.91 bits per heavy atom. The number of hydrogen-bond acceptors (Lipinski definition) is 6. The number of carbonyl (C=O) groups is 1. The van der Waals surface area contributed by atoms with E-state index in [-0.39, 0.29) is 17.9 Å². The maximum Gasteiger partial charge on any atom is 0.241 e. The van der Waals surface area contributed by atoms with Gasteiger partial charge in [0.15, 0.2) is 0 Å². The molecule has 0 saturated carbocycles. The molecular formula is C26H31BrN4O3. The molecule has 4 rings (SSSR count). The Morgan fingerprint density at radius 3 is 2.62 bits per heavy atom. The zero-order valence-electron chi connectivity index (χ0n) is 19.9. The molecule has 1 amide bonds. The number of rotatable bonds is 8. The number of nitrogens with zero attached hydrogens (tertiary/aromatic N) is 3. The number of aromatic nitrogens is 2. The van der Waals surface area contributed by atoms with Crippen LogP contribution >= 0.6 is 15.9 Å². The molecule has 1 aromatic heterocycles. The summed E-state index contributed by atoms with van der Waals surface area (Å²) in [5.41, 5.74) is 3.36. The van der Waals surface area contributed by atoms with Gasteiger partial charge in [0.1, 0.15) is 12.4 Å². The van der Waals surface area contributed by atoms with E-state index in [1.165, 1.54) is 11.1 Å². The number of piperidine rings is 1. The van der Waals surface area contributed by atoms with E-state index >= 15 is 0 Å². The van der Waals surface area contributed by atoms with E-state index in [0.717, 1.165) is 41.7 Å². The molecule has 1 unspecified atom stereocenters. The molecule has 8 heteroatoms. The van der Waals surface area contributed by atoms with Crippen molar-refractivity contribution in [1.29, 1.82) is 0 Å². The van der Waals surface area contributed by atoms with Crippen LogP contribution in [0, 0.1) is 19.8 Å². The number of likely N-dealkylation sites (tertiary alicyclic amines) is 1. The fraction of sp³-hybridized carbons (Fsp3) is 0.423. The van der Waals surface area contributed by atoms with Crippen molar-refractivity contribution in [3.63, 3.8) is 0 Å². The molecule has 0 radical (unpaired) electrons. The number of benzene rings is 2. The van der Waals surface area contributed by atoms with Crippen molar-refractivity contribution < 1.29 is 14.1 Å². The molecule has 34 heavy (non-hydrogen) atoms. The highest BCUT2D eigenvalue weighted by molar-refractivity contribution is 9.10. The van der Waals surface area contributed by atoms with E-state index in [9.17, 15) is 4.79 Å². The van der Waals surface area contributed by atoms with Gasteiger partial charge in [0.25, 0.3) is 0 Å². The van der Waals surface area contributed by atoms with Crippen LogP contribution in [-0.4, -0.2) is 46.7 Å². The Labute approximate surface area is 209 Å². The monoisotopic (exact) mass is 526 g/mol. The highest BCUT2D eigenvalue weighted by Crippen LogP contribution is 2.22. The molecule has 1 saturated heterocycles. The fourth-order valence-corrected chi connectivity index (χ4v) is 4.27. The minimum atomic E-state index is -0.0532. The third-order valence-electron chi connectivity index (χ3n) is 6.25. The van der Waals surface area contributed by atoms with Crippen LogP contribution in [0.4, 0.5) is 0 Å². The molecule has 3 aromatic rings. The average molecular weight is 527 g/mol. The lowest BCUT2D eigenvalue weighted by molar-refractivity contribution is -0.127. The van der Waals surface area contributed by atoms with Crippen molar-refractivity contribution in [2.24, 2.45) is 5.92 Å². The fourth-order valence-electron chi connectivity index (χ4n) is 4.01. The minimum Gasteiger partial charge on any atom is -0.491 e. The van der Waals surface area contributed by atoms with Crippen LogP contribution in [0.25, 0.3) is 11.4 Å². The Morgan fingerprint density at radius 1 is 1.18 bits per heavy atom. The van der Waals surface area contributed by atoms with Gasteiger partial charge in [-0.2, -0.15) is 4.98 Å². The van der Waals surface area contributed by atoms with Crippen molar-refractivity contribution in [3.05, 3.63) is 64.0 Å². The van der Waals surface area contributed by atoms with Crippen molar-refractivity contribution in [2.45, 2.75) is 46.2 Å². The molecule has 180 valence electrons. The van der Waals surface area contributed by atoms with Crippen LogP contribution in [0.2, 0.25) is 0 Å². The van der Waals surface area contributed by atoms with Crippen LogP contribution in [-0.2, 0) is 11.3 Å². The zero-order chi connectivity index (χ0) is 24.1. The molecule has 0 spiro atoms.